The predicted molar refractivity (Wildman–Crippen MR) is 85.3 cm³/mol. The van der Waals surface area contributed by atoms with Gasteiger partial charge in [0.1, 0.15) is 11.5 Å². The van der Waals surface area contributed by atoms with E-state index in [4.69, 9.17) is 16.3 Å². The molecule has 0 aromatic heterocycles. The number of ether oxygens (including phenoxy) is 1. The molecule has 0 fully saturated rings. The Morgan fingerprint density at radius 3 is 2.62 bits per heavy atom. The SMILES string of the molecule is Cc1ccc(Oc2cccc(C(=O)NC(C)C)c2)c(Cl)c1. The van der Waals surface area contributed by atoms with Gasteiger partial charge in [0.2, 0.25) is 0 Å². The summed E-state index contributed by atoms with van der Waals surface area (Å²) in [5.74, 6) is 1.03. The highest BCUT2D eigenvalue weighted by Gasteiger charge is 2.09. The fourth-order valence-electron chi connectivity index (χ4n) is 1.86. The maximum atomic E-state index is 12.0. The molecule has 1 amide bonds. The topological polar surface area (TPSA) is 38.3 Å². The van der Waals surface area contributed by atoms with Crippen LogP contribution in [-0.2, 0) is 0 Å². The van der Waals surface area contributed by atoms with Crippen molar-refractivity contribution in [1.29, 1.82) is 0 Å². The molecule has 3 nitrogen and oxygen atoms in total. The Morgan fingerprint density at radius 2 is 1.95 bits per heavy atom. The normalized spacial score (nSPS) is 10.5. The van der Waals surface area contributed by atoms with Gasteiger partial charge in [-0.05, 0) is 56.7 Å². The Morgan fingerprint density at radius 1 is 1.19 bits per heavy atom. The number of carbonyl (C=O) groups is 1. The third kappa shape index (κ3) is 4.23. The van der Waals surface area contributed by atoms with Crippen LogP contribution in [0.3, 0.4) is 0 Å². The first-order chi connectivity index (χ1) is 9.95. The molecule has 0 atom stereocenters. The van der Waals surface area contributed by atoms with Gasteiger partial charge in [-0.3, -0.25) is 4.79 Å². The minimum atomic E-state index is -0.120. The predicted octanol–water partition coefficient (Wildman–Crippen LogP) is 4.58. The highest BCUT2D eigenvalue weighted by molar-refractivity contribution is 6.32. The molecular formula is C17H18ClNO2. The molecule has 0 heterocycles. The Hall–Kier alpha value is -2.00. The molecular weight excluding hydrogens is 286 g/mol. The first-order valence-electron chi connectivity index (χ1n) is 6.80. The number of carbonyl (C=O) groups excluding carboxylic acids is 1. The van der Waals surface area contributed by atoms with Gasteiger partial charge in [-0.25, -0.2) is 0 Å². The molecule has 0 saturated carbocycles. The number of amides is 1. The van der Waals surface area contributed by atoms with Crippen LogP contribution >= 0.6 is 11.6 Å². The molecule has 0 aliphatic rings. The summed E-state index contributed by atoms with van der Waals surface area (Å²) < 4.78 is 5.75. The number of halogens is 1. The van der Waals surface area contributed by atoms with Crippen LogP contribution in [0.25, 0.3) is 0 Å². The van der Waals surface area contributed by atoms with Gasteiger partial charge in [0.25, 0.3) is 5.91 Å². The van der Waals surface area contributed by atoms with Crippen molar-refractivity contribution in [2.45, 2.75) is 26.8 Å². The zero-order valence-corrected chi connectivity index (χ0v) is 13.1. The van der Waals surface area contributed by atoms with Crippen molar-refractivity contribution < 1.29 is 9.53 Å². The van der Waals surface area contributed by atoms with Crippen LogP contribution in [0, 0.1) is 6.92 Å². The minimum Gasteiger partial charge on any atom is -0.456 e. The van der Waals surface area contributed by atoms with Crippen LogP contribution in [0.5, 0.6) is 11.5 Å². The molecule has 21 heavy (non-hydrogen) atoms. The summed E-state index contributed by atoms with van der Waals surface area (Å²) in [7, 11) is 0. The van der Waals surface area contributed by atoms with E-state index < -0.39 is 0 Å². The summed E-state index contributed by atoms with van der Waals surface area (Å²) in [5.41, 5.74) is 1.63. The number of nitrogens with one attached hydrogen (secondary N) is 1. The van der Waals surface area contributed by atoms with E-state index in [1.54, 1.807) is 24.3 Å². The molecule has 110 valence electrons. The van der Waals surface area contributed by atoms with E-state index in [0.29, 0.717) is 22.1 Å². The number of aryl methyl sites for hydroxylation is 1. The molecule has 0 spiro atoms. The van der Waals surface area contributed by atoms with Crippen molar-refractivity contribution in [2.24, 2.45) is 0 Å². The van der Waals surface area contributed by atoms with E-state index in [1.165, 1.54) is 0 Å². The quantitative estimate of drug-likeness (QED) is 0.898. The zero-order chi connectivity index (χ0) is 15.4. The number of rotatable bonds is 4. The first-order valence-corrected chi connectivity index (χ1v) is 7.18. The monoisotopic (exact) mass is 303 g/mol. The molecule has 0 radical (unpaired) electrons. The summed E-state index contributed by atoms with van der Waals surface area (Å²) in [5, 5.41) is 3.40. The fourth-order valence-corrected chi connectivity index (χ4v) is 2.14. The number of benzene rings is 2. The highest BCUT2D eigenvalue weighted by Crippen LogP contribution is 2.30. The molecule has 2 aromatic rings. The molecule has 0 aliphatic carbocycles. The van der Waals surface area contributed by atoms with Crippen molar-refractivity contribution in [3.05, 3.63) is 58.6 Å². The van der Waals surface area contributed by atoms with E-state index in [0.717, 1.165) is 5.56 Å². The molecule has 0 unspecified atom stereocenters. The Labute approximate surface area is 129 Å². The minimum absolute atomic E-state index is 0.0913. The summed E-state index contributed by atoms with van der Waals surface area (Å²) in [6, 6.07) is 12.7. The maximum absolute atomic E-state index is 12.0. The van der Waals surface area contributed by atoms with Crippen molar-refractivity contribution >= 4 is 17.5 Å². The molecule has 4 heteroatoms. The van der Waals surface area contributed by atoms with Gasteiger partial charge in [-0.15, -0.1) is 0 Å². The lowest BCUT2D eigenvalue weighted by atomic mass is 10.2. The van der Waals surface area contributed by atoms with Crippen LogP contribution in [0.4, 0.5) is 0 Å². The lowest BCUT2D eigenvalue weighted by Crippen LogP contribution is -2.29. The summed E-state index contributed by atoms with van der Waals surface area (Å²) in [6.07, 6.45) is 0. The van der Waals surface area contributed by atoms with Crippen molar-refractivity contribution in [1.82, 2.24) is 5.32 Å². The van der Waals surface area contributed by atoms with Crippen molar-refractivity contribution in [2.75, 3.05) is 0 Å². The Bertz CT molecular complexity index is 653. The van der Waals surface area contributed by atoms with Gasteiger partial charge in [0.15, 0.2) is 0 Å². The van der Waals surface area contributed by atoms with Gasteiger partial charge in [-0.2, -0.15) is 0 Å². The summed E-state index contributed by atoms with van der Waals surface area (Å²) >= 11 is 6.15. The van der Waals surface area contributed by atoms with Gasteiger partial charge < -0.3 is 10.1 Å². The largest absolute Gasteiger partial charge is 0.456 e. The molecule has 0 bridgehead atoms. The van der Waals surface area contributed by atoms with Crippen molar-refractivity contribution in [3.8, 4) is 11.5 Å². The van der Waals surface area contributed by atoms with Gasteiger partial charge in [0.05, 0.1) is 5.02 Å². The van der Waals surface area contributed by atoms with Crippen LogP contribution in [0.2, 0.25) is 5.02 Å². The lowest BCUT2D eigenvalue weighted by molar-refractivity contribution is 0.0943. The molecule has 2 rings (SSSR count). The molecule has 0 aliphatic heterocycles. The number of hydrogen-bond donors (Lipinski definition) is 1. The fraction of sp³-hybridized carbons (Fsp3) is 0.235. The second-order valence-corrected chi connectivity index (χ2v) is 5.60. The molecule has 0 saturated heterocycles. The van der Waals surface area contributed by atoms with Crippen LogP contribution < -0.4 is 10.1 Å². The van der Waals surface area contributed by atoms with Crippen LogP contribution in [0.1, 0.15) is 29.8 Å². The average molecular weight is 304 g/mol. The van der Waals surface area contributed by atoms with Crippen LogP contribution in [0.15, 0.2) is 42.5 Å². The number of hydrogen-bond acceptors (Lipinski definition) is 2. The second kappa shape index (κ2) is 6.64. The van der Waals surface area contributed by atoms with E-state index in [1.807, 2.05) is 39.0 Å². The van der Waals surface area contributed by atoms with E-state index in [9.17, 15) is 4.79 Å². The highest BCUT2D eigenvalue weighted by atomic mass is 35.5. The Balaban J connectivity index is 2.19. The van der Waals surface area contributed by atoms with Gasteiger partial charge >= 0.3 is 0 Å². The Kier molecular flexibility index (Phi) is 4.86. The molecule has 2 aromatic carbocycles. The third-order valence-corrected chi connectivity index (χ3v) is 3.13. The smallest absolute Gasteiger partial charge is 0.251 e. The second-order valence-electron chi connectivity index (χ2n) is 5.19. The average Bonchev–Trinajstić information content (AvgIpc) is 2.41. The van der Waals surface area contributed by atoms with Crippen LogP contribution in [-0.4, -0.2) is 11.9 Å². The van der Waals surface area contributed by atoms with E-state index in [2.05, 4.69) is 5.32 Å². The molecule has 1 N–H and O–H groups in total. The standard InChI is InChI=1S/C17H18ClNO2/c1-11(2)19-17(20)13-5-4-6-14(10-13)21-16-8-7-12(3)9-15(16)18/h4-11H,1-3H3,(H,19,20). The summed E-state index contributed by atoms with van der Waals surface area (Å²) in [6.45, 7) is 5.81. The summed E-state index contributed by atoms with van der Waals surface area (Å²) in [4.78, 5) is 12.0. The lowest BCUT2D eigenvalue weighted by Gasteiger charge is -2.11. The van der Waals surface area contributed by atoms with E-state index >= 15 is 0 Å². The van der Waals surface area contributed by atoms with Crippen molar-refractivity contribution in [3.63, 3.8) is 0 Å². The zero-order valence-electron chi connectivity index (χ0n) is 12.3. The first kappa shape index (κ1) is 15.4. The third-order valence-electron chi connectivity index (χ3n) is 2.83. The maximum Gasteiger partial charge on any atom is 0.251 e. The van der Waals surface area contributed by atoms with E-state index in [-0.39, 0.29) is 11.9 Å². The van der Waals surface area contributed by atoms with Gasteiger partial charge in [-0.1, -0.05) is 23.7 Å². The van der Waals surface area contributed by atoms with Gasteiger partial charge in [0, 0.05) is 11.6 Å².